The van der Waals surface area contributed by atoms with E-state index in [1.165, 1.54) is 13.2 Å². The molecule has 1 aromatic heterocycles. The molecule has 1 aromatic carbocycles. The van der Waals surface area contributed by atoms with E-state index >= 15 is 0 Å². The fourth-order valence-corrected chi connectivity index (χ4v) is 4.10. The average Bonchev–Trinajstić information content (AvgIpc) is 2.62. The summed E-state index contributed by atoms with van der Waals surface area (Å²) in [6.07, 6.45) is 4.84. The lowest BCUT2D eigenvalue weighted by atomic mass is 10.0. The van der Waals surface area contributed by atoms with Crippen LogP contribution < -0.4 is 14.8 Å². The van der Waals surface area contributed by atoms with Crippen LogP contribution in [0.25, 0.3) is 0 Å². The van der Waals surface area contributed by atoms with Gasteiger partial charge in [-0.05, 0) is 44.0 Å². The maximum absolute atomic E-state index is 12.7. The molecule has 0 aliphatic carbocycles. The van der Waals surface area contributed by atoms with Crippen molar-refractivity contribution in [3.63, 3.8) is 0 Å². The first-order chi connectivity index (χ1) is 12.0. The summed E-state index contributed by atoms with van der Waals surface area (Å²) in [5.74, 6) is 0.555. The van der Waals surface area contributed by atoms with Crippen molar-refractivity contribution >= 4 is 16.0 Å². The van der Waals surface area contributed by atoms with Crippen LogP contribution in [0.2, 0.25) is 0 Å². The van der Waals surface area contributed by atoms with E-state index in [0.29, 0.717) is 11.3 Å². The molecule has 2 aromatic rings. The average molecular weight is 362 g/mol. The van der Waals surface area contributed by atoms with Crippen molar-refractivity contribution in [2.24, 2.45) is 0 Å². The molecule has 0 radical (unpaired) electrons. The Labute approximate surface area is 147 Å². The molecule has 1 atom stereocenters. The molecule has 1 aliphatic heterocycles. The fourth-order valence-electron chi connectivity index (χ4n) is 2.89. The Morgan fingerprint density at radius 1 is 1.28 bits per heavy atom. The Kier molecular flexibility index (Phi) is 5.19. The molecule has 134 valence electrons. The maximum atomic E-state index is 12.7. The van der Waals surface area contributed by atoms with Crippen LogP contribution in [0.3, 0.4) is 0 Å². The zero-order valence-corrected chi connectivity index (χ0v) is 15.1. The number of nitrogens with zero attached hydrogens (tertiary/aromatic N) is 2. The topological polar surface area (TPSA) is 93.2 Å². The highest BCUT2D eigenvalue weighted by Gasteiger charge is 2.21. The van der Waals surface area contributed by atoms with E-state index in [1.54, 1.807) is 25.3 Å². The Hall–Kier alpha value is -2.19. The molecule has 25 heavy (non-hydrogen) atoms. The smallest absolute Gasteiger partial charge is 0.264 e. The predicted octanol–water partition coefficient (Wildman–Crippen LogP) is 2.41. The molecule has 0 amide bonds. The standard InChI is InChI=1S/C17H22N4O3S/c1-12-6-7-13(24-2)11-16(12)25(22,23)21-17-19-10-8-15(20-17)14-5-3-4-9-18-14/h6-8,10-11,14,18H,3-5,9H2,1-2H3,(H,19,20,21). The number of benzene rings is 1. The Bertz CT molecular complexity index is 849. The van der Waals surface area contributed by atoms with Crippen LogP contribution in [-0.2, 0) is 10.0 Å². The van der Waals surface area contributed by atoms with E-state index in [-0.39, 0.29) is 16.9 Å². The minimum atomic E-state index is -3.80. The molecular formula is C17H22N4O3S. The molecule has 2 heterocycles. The van der Waals surface area contributed by atoms with Crippen molar-refractivity contribution in [2.45, 2.75) is 37.1 Å². The van der Waals surface area contributed by atoms with Crippen LogP contribution in [0.4, 0.5) is 5.95 Å². The Morgan fingerprint density at radius 2 is 2.12 bits per heavy atom. The number of anilines is 1. The lowest BCUT2D eigenvalue weighted by Gasteiger charge is -2.23. The zero-order valence-electron chi connectivity index (χ0n) is 14.3. The van der Waals surface area contributed by atoms with Crippen molar-refractivity contribution in [2.75, 3.05) is 18.4 Å². The molecule has 1 fully saturated rings. The molecular weight excluding hydrogens is 340 g/mol. The molecule has 0 spiro atoms. The minimum absolute atomic E-state index is 0.0760. The first kappa shape index (κ1) is 17.6. The summed E-state index contributed by atoms with van der Waals surface area (Å²) >= 11 is 0. The van der Waals surface area contributed by atoms with Gasteiger partial charge in [0.15, 0.2) is 0 Å². The second-order valence-electron chi connectivity index (χ2n) is 6.04. The van der Waals surface area contributed by atoms with Gasteiger partial charge in [0.05, 0.1) is 17.7 Å². The molecule has 2 N–H and O–H groups in total. The van der Waals surface area contributed by atoms with Crippen molar-refractivity contribution in [1.29, 1.82) is 0 Å². The van der Waals surface area contributed by atoms with Crippen molar-refractivity contribution in [1.82, 2.24) is 15.3 Å². The normalized spacial score (nSPS) is 17.9. The van der Waals surface area contributed by atoms with Gasteiger partial charge in [0.1, 0.15) is 5.75 Å². The van der Waals surface area contributed by atoms with Gasteiger partial charge < -0.3 is 10.1 Å². The maximum Gasteiger partial charge on any atom is 0.264 e. The predicted molar refractivity (Wildman–Crippen MR) is 95.2 cm³/mol. The first-order valence-corrected chi connectivity index (χ1v) is 9.72. The summed E-state index contributed by atoms with van der Waals surface area (Å²) in [5.41, 5.74) is 1.42. The summed E-state index contributed by atoms with van der Waals surface area (Å²) in [4.78, 5) is 8.59. The second-order valence-corrected chi connectivity index (χ2v) is 7.70. The van der Waals surface area contributed by atoms with E-state index in [1.807, 2.05) is 6.07 Å². The summed E-state index contributed by atoms with van der Waals surface area (Å²) in [6.45, 7) is 2.68. The number of nitrogens with one attached hydrogen (secondary N) is 2. The van der Waals surface area contributed by atoms with Gasteiger partial charge in [-0.15, -0.1) is 0 Å². The van der Waals surface area contributed by atoms with Crippen LogP contribution in [0.15, 0.2) is 35.4 Å². The van der Waals surface area contributed by atoms with E-state index in [9.17, 15) is 8.42 Å². The summed E-state index contributed by atoms with van der Waals surface area (Å²) in [6, 6.07) is 6.87. The molecule has 0 saturated carbocycles. The van der Waals surface area contributed by atoms with E-state index in [2.05, 4.69) is 20.0 Å². The lowest BCUT2D eigenvalue weighted by molar-refractivity contribution is 0.405. The lowest BCUT2D eigenvalue weighted by Crippen LogP contribution is -2.28. The third-order valence-corrected chi connectivity index (χ3v) is 5.73. The molecule has 0 bridgehead atoms. The molecule has 8 heteroatoms. The van der Waals surface area contributed by atoms with E-state index in [0.717, 1.165) is 31.5 Å². The van der Waals surface area contributed by atoms with E-state index < -0.39 is 10.0 Å². The zero-order chi connectivity index (χ0) is 17.9. The van der Waals surface area contributed by atoms with Crippen LogP contribution in [0.1, 0.15) is 36.6 Å². The van der Waals surface area contributed by atoms with Gasteiger partial charge in [0, 0.05) is 18.3 Å². The monoisotopic (exact) mass is 362 g/mol. The second kappa shape index (κ2) is 7.37. The number of aromatic nitrogens is 2. The summed E-state index contributed by atoms with van der Waals surface area (Å²) < 4.78 is 33.0. The van der Waals surface area contributed by atoms with Crippen molar-refractivity contribution < 1.29 is 13.2 Å². The van der Waals surface area contributed by atoms with Gasteiger partial charge in [-0.2, -0.15) is 0 Å². The van der Waals surface area contributed by atoms with Gasteiger partial charge >= 0.3 is 0 Å². The number of piperidine rings is 1. The third kappa shape index (κ3) is 4.08. The summed E-state index contributed by atoms with van der Waals surface area (Å²) in [7, 11) is -2.30. The van der Waals surface area contributed by atoms with Crippen LogP contribution in [0.5, 0.6) is 5.75 Å². The molecule has 7 nitrogen and oxygen atoms in total. The summed E-state index contributed by atoms with van der Waals surface area (Å²) in [5, 5.41) is 3.40. The van der Waals surface area contributed by atoms with Crippen LogP contribution in [0, 0.1) is 6.92 Å². The first-order valence-electron chi connectivity index (χ1n) is 8.23. The van der Waals surface area contributed by atoms with Crippen molar-refractivity contribution in [3.8, 4) is 5.75 Å². The number of methoxy groups -OCH3 is 1. The van der Waals surface area contributed by atoms with Gasteiger partial charge in [-0.3, -0.25) is 0 Å². The van der Waals surface area contributed by atoms with Crippen LogP contribution in [-0.4, -0.2) is 32.0 Å². The van der Waals surface area contributed by atoms with Crippen LogP contribution >= 0.6 is 0 Å². The fraction of sp³-hybridized carbons (Fsp3) is 0.412. The molecule has 1 aliphatic rings. The number of ether oxygens (including phenoxy) is 1. The number of aryl methyl sites for hydroxylation is 1. The number of rotatable bonds is 5. The number of sulfonamides is 1. The van der Waals surface area contributed by atoms with Crippen molar-refractivity contribution in [3.05, 3.63) is 41.7 Å². The minimum Gasteiger partial charge on any atom is -0.497 e. The van der Waals surface area contributed by atoms with Gasteiger partial charge in [0.25, 0.3) is 10.0 Å². The van der Waals surface area contributed by atoms with Gasteiger partial charge in [0.2, 0.25) is 5.95 Å². The van der Waals surface area contributed by atoms with E-state index in [4.69, 9.17) is 4.74 Å². The highest BCUT2D eigenvalue weighted by molar-refractivity contribution is 7.92. The van der Waals surface area contributed by atoms with Gasteiger partial charge in [-0.25, -0.2) is 23.1 Å². The number of hydrogen-bond acceptors (Lipinski definition) is 6. The quantitative estimate of drug-likeness (QED) is 0.848. The number of hydrogen-bond donors (Lipinski definition) is 2. The Balaban J connectivity index is 1.86. The highest BCUT2D eigenvalue weighted by atomic mass is 32.2. The SMILES string of the molecule is COc1ccc(C)c(S(=O)(=O)Nc2nccc(C3CCCCN3)n2)c1. The highest BCUT2D eigenvalue weighted by Crippen LogP contribution is 2.24. The molecule has 1 unspecified atom stereocenters. The molecule has 1 saturated heterocycles. The largest absolute Gasteiger partial charge is 0.497 e. The molecule has 3 rings (SSSR count). The van der Waals surface area contributed by atoms with Gasteiger partial charge in [-0.1, -0.05) is 12.5 Å². The third-order valence-electron chi connectivity index (χ3n) is 4.25. The Morgan fingerprint density at radius 3 is 2.84 bits per heavy atom.